The van der Waals surface area contributed by atoms with Crippen LogP contribution in [-0.4, -0.2) is 36.6 Å². The van der Waals surface area contributed by atoms with Crippen molar-refractivity contribution in [1.29, 1.82) is 0 Å². The molecule has 0 saturated carbocycles. The summed E-state index contributed by atoms with van der Waals surface area (Å²) in [5.41, 5.74) is 0.625. The van der Waals surface area contributed by atoms with Crippen molar-refractivity contribution < 1.29 is 13.2 Å². The van der Waals surface area contributed by atoms with Crippen LogP contribution in [0.4, 0.5) is 5.82 Å². The van der Waals surface area contributed by atoms with Crippen LogP contribution in [0.2, 0.25) is 5.28 Å². The van der Waals surface area contributed by atoms with Crippen LogP contribution in [0.3, 0.4) is 0 Å². The van der Waals surface area contributed by atoms with E-state index in [1.165, 1.54) is 4.90 Å². The lowest BCUT2D eigenvalue weighted by molar-refractivity contribution is -0.117. The number of aromatic nitrogens is 2. The maximum atomic E-state index is 12.2. The van der Waals surface area contributed by atoms with Gasteiger partial charge in [-0.05, 0) is 23.7 Å². The second-order valence-electron chi connectivity index (χ2n) is 5.24. The fourth-order valence-electron chi connectivity index (χ4n) is 2.66. The van der Waals surface area contributed by atoms with Crippen LogP contribution < -0.4 is 10.0 Å². The SMILES string of the molecule is NS(=O)(=O)CC1CC(=O)N(c2nc(Cl)nc3ccccc23)C1. The molecule has 1 aliphatic rings. The van der Waals surface area contributed by atoms with Gasteiger partial charge in [0, 0.05) is 24.3 Å². The van der Waals surface area contributed by atoms with Gasteiger partial charge in [0.15, 0.2) is 0 Å². The second kappa shape index (κ2) is 5.45. The van der Waals surface area contributed by atoms with Crippen molar-refractivity contribution in [3.63, 3.8) is 0 Å². The number of carbonyl (C=O) groups excluding carboxylic acids is 1. The van der Waals surface area contributed by atoms with E-state index in [1.807, 2.05) is 12.1 Å². The molecule has 0 spiro atoms. The third-order valence-electron chi connectivity index (χ3n) is 3.48. The predicted molar refractivity (Wildman–Crippen MR) is 83.0 cm³/mol. The molecule has 0 aliphatic carbocycles. The summed E-state index contributed by atoms with van der Waals surface area (Å²) >= 11 is 5.92. The van der Waals surface area contributed by atoms with Crippen molar-refractivity contribution in [2.45, 2.75) is 6.42 Å². The zero-order chi connectivity index (χ0) is 15.9. The minimum Gasteiger partial charge on any atom is -0.296 e. The molecule has 1 aliphatic heterocycles. The maximum Gasteiger partial charge on any atom is 0.228 e. The Hall–Kier alpha value is -1.77. The standard InChI is InChI=1S/C13H13ClN4O3S/c14-13-16-10-4-2-1-3-9(10)12(17-13)18-6-8(5-11(18)19)7-22(15,20)21/h1-4,8H,5-7H2,(H2,15,20,21). The van der Waals surface area contributed by atoms with E-state index >= 15 is 0 Å². The van der Waals surface area contributed by atoms with Crippen LogP contribution in [-0.2, 0) is 14.8 Å². The molecule has 1 amide bonds. The van der Waals surface area contributed by atoms with Crippen molar-refractivity contribution in [2.75, 3.05) is 17.2 Å². The molecule has 2 N–H and O–H groups in total. The van der Waals surface area contributed by atoms with Gasteiger partial charge < -0.3 is 0 Å². The van der Waals surface area contributed by atoms with Crippen LogP contribution in [0.25, 0.3) is 10.9 Å². The number of carbonyl (C=O) groups is 1. The lowest BCUT2D eigenvalue weighted by atomic mass is 10.1. The minimum atomic E-state index is -3.62. The summed E-state index contributed by atoms with van der Waals surface area (Å²) in [7, 11) is -3.62. The monoisotopic (exact) mass is 340 g/mol. The van der Waals surface area contributed by atoms with Gasteiger partial charge in [-0.15, -0.1) is 0 Å². The molecule has 9 heteroatoms. The van der Waals surface area contributed by atoms with E-state index in [1.54, 1.807) is 12.1 Å². The number of primary sulfonamides is 1. The van der Waals surface area contributed by atoms with E-state index < -0.39 is 10.0 Å². The number of nitrogens with zero attached hydrogens (tertiary/aromatic N) is 3. The molecule has 1 aromatic carbocycles. The fraction of sp³-hybridized carbons (Fsp3) is 0.308. The summed E-state index contributed by atoms with van der Waals surface area (Å²) in [4.78, 5) is 21.9. The van der Waals surface area contributed by atoms with Gasteiger partial charge in [0.25, 0.3) is 0 Å². The Morgan fingerprint density at radius 3 is 2.77 bits per heavy atom. The first kappa shape index (κ1) is 15.1. The summed E-state index contributed by atoms with van der Waals surface area (Å²) in [5, 5.41) is 5.78. The largest absolute Gasteiger partial charge is 0.296 e. The Kier molecular flexibility index (Phi) is 3.75. The number of para-hydroxylation sites is 1. The number of sulfonamides is 1. The molecule has 1 aromatic heterocycles. The first-order chi connectivity index (χ1) is 10.3. The van der Waals surface area contributed by atoms with Gasteiger partial charge in [-0.1, -0.05) is 12.1 Å². The summed E-state index contributed by atoms with van der Waals surface area (Å²) in [6, 6.07) is 7.19. The first-order valence-electron chi connectivity index (χ1n) is 6.56. The lowest BCUT2D eigenvalue weighted by Gasteiger charge is -2.17. The van der Waals surface area contributed by atoms with E-state index in [0.717, 1.165) is 0 Å². The molecular formula is C13H13ClN4O3S. The molecule has 0 radical (unpaired) electrons. The van der Waals surface area contributed by atoms with E-state index in [2.05, 4.69) is 9.97 Å². The van der Waals surface area contributed by atoms with Gasteiger partial charge in [-0.25, -0.2) is 18.5 Å². The third kappa shape index (κ3) is 3.03. The van der Waals surface area contributed by atoms with Gasteiger partial charge >= 0.3 is 0 Å². The van der Waals surface area contributed by atoms with Crippen LogP contribution in [0, 0.1) is 5.92 Å². The van der Waals surface area contributed by atoms with Crippen molar-refractivity contribution in [2.24, 2.45) is 11.1 Å². The van der Waals surface area contributed by atoms with Crippen molar-refractivity contribution in [3.05, 3.63) is 29.5 Å². The van der Waals surface area contributed by atoms with Crippen LogP contribution >= 0.6 is 11.6 Å². The molecule has 1 fully saturated rings. The number of amides is 1. The molecule has 1 unspecified atom stereocenters. The number of anilines is 1. The number of benzene rings is 1. The number of fused-ring (bicyclic) bond motifs is 1. The van der Waals surface area contributed by atoms with Crippen LogP contribution in [0.15, 0.2) is 24.3 Å². The molecule has 2 aromatic rings. The number of rotatable bonds is 3. The van der Waals surface area contributed by atoms with Crippen molar-refractivity contribution in [3.8, 4) is 0 Å². The lowest BCUT2D eigenvalue weighted by Crippen LogP contribution is -2.28. The number of hydrogen-bond donors (Lipinski definition) is 1. The van der Waals surface area contributed by atoms with Crippen molar-refractivity contribution in [1.82, 2.24) is 9.97 Å². The Morgan fingerprint density at radius 2 is 2.05 bits per heavy atom. The second-order valence-corrected chi connectivity index (χ2v) is 7.23. The van der Waals surface area contributed by atoms with E-state index in [0.29, 0.717) is 16.7 Å². The maximum absolute atomic E-state index is 12.2. The number of hydrogen-bond acceptors (Lipinski definition) is 5. The first-order valence-corrected chi connectivity index (χ1v) is 8.66. The fourth-order valence-corrected chi connectivity index (χ4v) is 3.72. The summed E-state index contributed by atoms with van der Waals surface area (Å²) in [5.74, 6) is -0.382. The highest BCUT2D eigenvalue weighted by Gasteiger charge is 2.34. The quantitative estimate of drug-likeness (QED) is 0.836. The van der Waals surface area contributed by atoms with Crippen LogP contribution in [0.1, 0.15) is 6.42 Å². The highest BCUT2D eigenvalue weighted by atomic mass is 35.5. The third-order valence-corrected chi connectivity index (χ3v) is 4.59. The number of halogens is 1. The summed E-state index contributed by atoms with van der Waals surface area (Å²) < 4.78 is 22.4. The van der Waals surface area contributed by atoms with Gasteiger partial charge in [0.05, 0.1) is 11.3 Å². The average molecular weight is 341 g/mol. The molecule has 7 nitrogen and oxygen atoms in total. The van der Waals surface area contributed by atoms with E-state index in [9.17, 15) is 13.2 Å². The zero-order valence-corrected chi connectivity index (χ0v) is 13.0. The predicted octanol–water partition coefficient (Wildman–Crippen LogP) is 0.925. The molecule has 1 saturated heterocycles. The Morgan fingerprint density at radius 1 is 1.32 bits per heavy atom. The van der Waals surface area contributed by atoms with Gasteiger partial charge in [0.1, 0.15) is 5.82 Å². The minimum absolute atomic E-state index is 0.0383. The van der Waals surface area contributed by atoms with Crippen molar-refractivity contribution >= 4 is 44.3 Å². The molecule has 22 heavy (non-hydrogen) atoms. The molecule has 1 atom stereocenters. The topological polar surface area (TPSA) is 106 Å². The van der Waals surface area contributed by atoms with Crippen LogP contribution in [0.5, 0.6) is 0 Å². The summed E-state index contributed by atoms with van der Waals surface area (Å²) in [6.45, 7) is 0.243. The molecule has 2 heterocycles. The Labute approximate surface area is 132 Å². The molecule has 116 valence electrons. The van der Waals surface area contributed by atoms with Gasteiger partial charge in [0.2, 0.25) is 21.2 Å². The highest BCUT2D eigenvalue weighted by Crippen LogP contribution is 2.30. The average Bonchev–Trinajstić information content (AvgIpc) is 2.76. The van der Waals surface area contributed by atoms with Gasteiger partial charge in [-0.3, -0.25) is 9.69 Å². The Bertz CT molecular complexity index is 855. The molecular weight excluding hydrogens is 328 g/mol. The zero-order valence-electron chi connectivity index (χ0n) is 11.4. The highest BCUT2D eigenvalue weighted by molar-refractivity contribution is 7.89. The van der Waals surface area contributed by atoms with Gasteiger partial charge in [-0.2, -0.15) is 4.98 Å². The molecule has 0 bridgehead atoms. The van der Waals surface area contributed by atoms with E-state index in [4.69, 9.17) is 16.7 Å². The normalized spacial score (nSPS) is 19.1. The van der Waals surface area contributed by atoms with E-state index in [-0.39, 0.29) is 35.8 Å². The smallest absolute Gasteiger partial charge is 0.228 e. The number of nitrogens with two attached hydrogens (primary N) is 1. The molecule has 3 rings (SSSR count). The Balaban J connectivity index is 1.99. The summed E-state index contributed by atoms with van der Waals surface area (Å²) in [6.07, 6.45) is 0.117.